The maximum Gasteiger partial charge on any atom is 0.0590 e. The molecule has 0 aliphatic carbocycles. The van der Waals surface area contributed by atoms with Gasteiger partial charge in [0.2, 0.25) is 0 Å². The molecule has 0 saturated heterocycles. The van der Waals surface area contributed by atoms with Gasteiger partial charge in [-0.1, -0.05) is 45.9 Å². The van der Waals surface area contributed by atoms with Crippen LogP contribution < -0.4 is 0 Å². The fourth-order valence-corrected chi connectivity index (χ4v) is 2.58. The van der Waals surface area contributed by atoms with Crippen molar-refractivity contribution in [3.05, 3.63) is 34.9 Å². The van der Waals surface area contributed by atoms with Crippen molar-refractivity contribution in [3.63, 3.8) is 0 Å². The Hall–Kier alpha value is -0.490. The van der Waals surface area contributed by atoms with E-state index in [0.717, 1.165) is 19.3 Å². The standard InChI is InChI=1S/C15H23Cl/c1-5-12-7-8-13(6-2)14(10-12)15(16)9-11(3)4/h7-8,10-11,15H,5-6,9H2,1-4H3. The van der Waals surface area contributed by atoms with Gasteiger partial charge in [-0.15, -0.1) is 11.6 Å². The Kier molecular flexibility index (Phi) is 5.34. The van der Waals surface area contributed by atoms with Crippen molar-refractivity contribution >= 4 is 11.6 Å². The van der Waals surface area contributed by atoms with Crippen molar-refractivity contribution in [1.29, 1.82) is 0 Å². The molecule has 0 heterocycles. The van der Waals surface area contributed by atoms with E-state index in [4.69, 9.17) is 11.6 Å². The zero-order valence-corrected chi connectivity index (χ0v) is 11.6. The van der Waals surface area contributed by atoms with Gasteiger partial charge in [-0.25, -0.2) is 0 Å². The van der Waals surface area contributed by atoms with Crippen LogP contribution in [0.4, 0.5) is 0 Å². The molecule has 0 aliphatic heterocycles. The molecule has 1 atom stereocenters. The lowest BCUT2D eigenvalue weighted by atomic mass is 9.94. The van der Waals surface area contributed by atoms with E-state index in [1.807, 2.05) is 0 Å². The predicted molar refractivity (Wildman–Crippen MR) is 73.2 cm³/mol. The second-order valence-corrected chi connectivity index (χ2v) is 5.36. The third kappa shape index (κ3) is 3.52. The third-order valence-electron chi connectivity index (χ3n) is 3.02. The average Bonchev–Trinajstić information content (AvgIpc) is 2.27. The molecule has 0 aliphatic rings. The van der Waals surface area contributed by atoms with Crippen LogP contribution in [0.5, 0.6) is 0 Å². The molecule has 0 N–H and O–H groups in total. The molecule has 0 spiro atoms. The SMILES string of the molecule is CCc1ccc(CC)c(C(Cl)CC(C)C)c1. The van der Waals surface area contributed by atoms with Crippen LogP contribution in [0.1, 0.15) is 56.2 Å². The minimum absolute atomic E-state index is 0.168. The molecule has 1 aromatic rings. The molecule has 1 heteroatoms. The molecule has 0 saturated carbocycles. The number of alkyl halides is 1. The highest BCUT2D eigenvalue weighted by atomic mass is 35.5. The first-order chi connectivity index (χ1) is 7.58. The van der Waals surface area contributed by atoms with E-state index in [2.05, 4.69) is 45.9 Å². The Bertz CT molecular complexity index is 328. The van der Waals surface area contributed by atoms with Gasteiger partial charge in [0.05, 0.1) is 5.38 Å². The van der Waals surface area contributed by atoms with Crippen molar-refractivity contribution in [3.8, 4) is 0 Å². The van der Waals surface area contributed by atoms with Crippen LogP contribution in [0, 0.1) is 5.92 Å². The first kappa shape index (κ1) is 13.6. The number of hydrogen-bond donors (Lipinski definition) is 0. The van der Waals surface area contributed by atoms with E-state index in [-0.39, 0.29) is 5.38 Å². The Balaban J connectivity index is 2.98. The summed E-state index contributed by atoms with van der Waals surface area (Å²) in [6, 6.07) is 6.75. The van der Waals surface area contributed by atoms with E-state index in [1.54, 1.807) is 0 Å². The number of benzene rings is 1. The Labute approximate surface area is 105 Å². The van der Waals surface area contributed by atoms with Crippen LogP contribution in [-0.2, 0) is 12.8 Å². The minimum atomic E-state index is 0.168. The fraction of sp³-hybridized carbons (Fsp3) is 0.600. The van der Waals surface area contributed by atoms with Gasteiger partial charge in [0.1, 0.15) is 0 Å². The topological polar surface area (TPSA) is 0 Å². The zero-order valence-electron chi connectivity index (χ0n) is 10.9. The Morgan fingerprint density at radius 1 is 1.12 bits per heavy atom. The van der Waals surface area contributed by atoms with Gasteiger partial charge in [-0.2, -0.15) is 0 Å². The lowest BCUT2D eigenvalue weighted by molar-refractivity contribution is 0.573. The summed E-state index contributed by atoms with van der Waals surface area (Å²) < 4.78 is 0. The van der Waals surface area contributed by atoms with Crippen LogP contribution in [-0.4, -0.2) is 0 Å². The number of hydrogen-bond acceptors (Lipinski definition) is 0. The van der Waals surface area contributed by atoms with Gasteiger partial charge >= 0.3 is 0 Å². The zero-order chi connectivity index (χ0) is 12.1. The van der Waals surface area contributed by atoms with Crippen molar-refractivity contribution < 1.29 is 0 Å². The molecular formula is C15H23Cl. The van der Waals surface area contributed by atoms with Crippen molar-refractivity contribution in [2.24, 2.45) is 5.92 Å². The number of halogens is 1. The largest absolute Gasteiger partial charge is 0.118 e. The molecule has 0 amide bonds. The summed E-state index contributed by atoms with van der Waals surface area (Å²) in [6.45, 7) is 8.84. The average molecular weight is 239 g/mol. The molecule has 90 valence electrons. The van der Waals surface area contributed by atoms with Crippen LogP contribution in [0.15, 0.2) is 18.2 Å². The number of rotatable bonds is 5. The molecular weight excluding hydrogens is 216 g/mol. The molecule has 1 aromatic carbocycles. The van der Waals surface area contributed by atoms with Gasteiger partial charge in [-0.05, 0) is 41.9 Å². The maximum absolute atomic E-state index is 6.51. The van der Waals surface area contributed by atoms with Gasteiger partial charge < -0.3 is 0 Å². The lowest BCUT2D eigenvalue weighted by Gasteiger charge is -2.17. The minimum Gasteiger partial charge on any atom is -0.118 e. The predicted octanol–water partition coefficient (Wildman–Crippen LogP) is 5.14. The molecule has 0 radical (unpaired) electrons. The molecule has 1 rings (SSSR count). The highest BCUT2D eigenvalue weighted by Gasteiger charge is 2.13. The normalized spacial score (nSPS) is 13.1. The summed E-state index contributed by atoms with van der Waals surface area (Å²) >= 11 is 6.51. The first-order valence-electron chi connectivity index (χ1n) is 6.34. The quantitative estimate of drug-likeness (QED) is 0.624. The summed E-state index contributed by atoms with van der Waals surface area (Å²) in [7, 11) is 0. The van der Waals surface area contributed by atoms with Gasteiger partial charge in [-0.3, -0.25) is 0 Å². The summed E-state index contributed by atoms with van der Waals surface area (Å²) in [5.41, 5.74) is 4.14. The lowest BCUT2D eigenvalue weighted by Crippen LogP contribution is -2.01. The van der Waals surface area contributed by atoms with E-state index >= 15 is 0 Å². The monoisotopic (exact) mass is 238 g/mol. The summed E-state index contributed by atoms with van der Waals surface area (Å²) in [5, 5.41) is 0.168. The molecule has 1 unspecified atom stereocenters. The van der Waals surface area contributed by atoms with Gasteiger partial charge in [0.15, 0.2) is 0 Å². The summed E-state index contributed by atoms with van der Waals surface area (Å²) in [5.74, 6) is 0.650. The maximum atomic E-state index is 6.51. The van der Waals surface area contributed by atoms with E-state index in [9.17, 15) is 0 Å². The molecule has 0 fully saturated rings. The number of aryl methyl sites for hydroxylation is 2. The highest BCUT2D eigenvalue weighted by Crippen LogP contribution is 2.31. The molecule has 0 bridgehead atoms. The second kappa shape index (κ2) is 6.30. The third-order valence-corrected chi connectivity index (χ3v) is 3.43. The van der Waals surface area contributed by atoms with Crippen molar-refractivity contribution in [1.82, 2.24) is 0 Å². The second-order valence-electron chi connectivity index (χ2n) is 4.84. The van der Waals surface area contributed by atoms with E-state index < -0.39 is 0 Å². The Morgan fingerprint density at radius 2 is 1.81 bits per heavy atom. The van der Waals surface area contributed by atoms with Gasteiger partial charge in [0, 0.05) is 0 Å². The van der Waals surface area contributed by atoms with Crippen LogP contribution >= 0.6 is 11.6 Å². The smallest absolute Gasteiger partial charge is 0.0590 e. The molecule has 16 heavy (non-hydrogen) atoms. The summed E-state index contributed by atoms with van der Waals surface area (Å²) in [6.07, 6.45) is 3.21. The van der Waals surface area contributed by atoms with Gasteiger partial charge in [0.25, 0.3) is 0 Å². The Morgan fingerprint density at radius 3 is 2.31 bits per heavy atom. The highest BCUT2D eigenvalue weighted by molar-refractivity contribution is 6.20. The molecule has 0 nitrogen and oxygen atoms in total. The first-order valence-corrected chi connectivity index (χ1v) is 6.77. The van der Waals surface area contributed by atoms with Crippen LogP contribution in [0.2, 0.25) is 0 Å². The van der Waals surface area contributed by atoms with E-state index in [1.165, 1.54) is 16.7 Å². The van der Waals surface area contributed by atoms with Crippen molar-refractivity contribution in [2.75, 3.05) is 0 Å². The van der Waals surface area contributed by atoms with E-state index in [0.29, 0.717) is 5.92 Å². The van der Waals surface area contributed by atoms with Crippen LogP contribution in [0.25, 0.3) is 0 Å². The van der Waals surface area contributed by atoms with Crippen LogP contribution in [0.3, 0.4) is 0 Å². The van der Waals surface area contributed by atoms with Crippen molar-refractivity contribution in [2.45, 2.75) is 52.3 Å². The summed E-state index contributed by atoms with van der Waals surface area (Å²) in [4.78, 5) is 0. The fourth-order valence-electron chi connectivity index (χ4n) is 2.02. The molecule has 0 aromatic heterocycles.